The normalized spacial score (nSPS) is 10.5. The summed E-state index contributed by atoms with van der Waals surface area (Å²) in [6, 6.07) is 15.2. The first-order valence-corrected chi connectivity index (χ1v) is 7.31. The highest BCUT2D eigenvalue weighted by Crippen LogP contribution is 2.16. The maximum absolute atomic E-state index is 11.8. The summed E-state index contributed by atoms with van der Waals surface area (Å²) in [5.74, 6) is -0.912. The number of carbonyl (C=O) groups excluding carboxylic acids is 2. The predicted octanol–water partition coefficient (Wildman–Crippen LogP) is 3.50. The quantitative estimate of drug-likeness (QED) is 0.679. The topological polar surface area (TPSA) is 55.4 Å². The number of anilines is 1. The Morgan fingerprint density at radius 1 is 1.09 bits per heavy atom. The molecule has 118 valence electrons. The van der Waals surface area contributed by atoms with Crippen LogP contribution in [0.4, 0.5) is 5.69 Å². The number of esters is 1. The van der Waals surface area contributed by atoms with E-state index in [1.165, 1.54) is 6.08 Å². The largest absolute Gasteiger partial charge is 0.452 e. The summed E-state index contributed by atoms with van der Waals surface area (Å²) in [7, 11) is 0. The third-order valence-corrected chi connectivity index (χ3v) is 3.22. The SMILES string of the molecule is Cc1ccc(C)c(NC(=O)COC(=O)/C=C/c2ccccc2)c1. The van der Waals surface area contributed by atoms with Gasteiger partial charge >= 0.3 is 5.97 Å². The second-order valence-corrected chi connectivity index (χ2v) is 5.22. The van der Waals surface area contributed by atoms with E-state index < -0.39 is 5.97 Å². The molecule has 0 heterocycles. The summed E-state index contributed by atoms with van der Waals surface area (Å²) in [6.45, 7) is 3.54. The van der Waals surface area contributed by atoms with Gasteiger partial charge in [-0.2, -0.15) is 0 Å². The molecule has 4 heteroatoms. The fraction of sp³-hybridized carbons (Fsp3) is 0.158. The number of ether oxygens (including phenoxy) is 1. The monoisotopic (exact) mass is 309 g/mol. The minimum absolute atomic E-state index is 0.314. The van der Waals surface area contributed by atoms with Crippen molar-refractivity contribution in [3.63, 3.8) is 0 Å². The molecule has 0 fully saturated rings. The molecular weight excluding hydrogens is 290 g/mol. The van der Waals surface area contributed by atoms with Gasteiger partial charge in [-0.3, -0.25) is 4.79 Å². The van der Waals surface area contributed by atoms with E-state index in [2.05, 4.69) is 5.32 Å². The summed E-state index contributed by atoms with van der Waals surface area (Å²) in [6.07, 6.45) is 2.95. The number of rotatable bonds is 5. The van der Waals surface area contributed by atoms with Gasteiger partial charge in [0.15, 0.2) is 6.61 Å². The Balaban J connectivity index is 1.83. The standard InChI is InChI=1S/C19H19NO3/c1-14-8-9-15(2)17(12-14)20-18(21)13-23-19(22)11-10-16-6-4-3-5-7-16/h3-12H,13H2,1-2H3,(H,20,21)/b11-10+. The highest BCUT2D eigenvalue weighted by Gasteiger charge is 2.07. The molecule has 0 saturated carbocycles. The Labute approximate surface area is 135 Å². The lowest BCUT2D eigenvalue weighted by Gasteiger charge is -2.09. The van der Waals surface area contributed by atoms with E-state index in [9.17, 15) is 9.59 Å². The van der Waals surface area contributed by atoms with Gasteiger partial charge in [0, 0.05) is 11.8 Å². The third-order valence-electron chi connectivity index (χ3n) is 3.22. The molecule has 1 N–H and O–H groups in total. The maximum Gasteiger partial charge on any atom is 0.331 e. The van der Waals surface area contributed by atoms with Gasteiger partial charge < -0.3 is 10.1 Å². The number of amides is 1. The molecule has 0 aliphatic carbocycles. The molecule has 0 aliphatic rings. The number of hydrogen-bond acceptors (Lipinski definition) is 3. The molecule has 0 aliphatic heterocycles. The summed E-state index contributed by atoms with van der Waals surface area (Å²) >= 11 is 0. The zero-order valence-electron chi connectivity index (χ0n) is 13.2. The Hall–Kier alpha value is -2.88. The van der Waals surface area contributed by atoms with E-state index in [0.717, 1.165) is 22.4 Å². The Morgan fingerprint density at radius 3 is 2.57 bits per heavy atom. The van der Waals surface area contributed by atoms with Gasteiger partial charge in [0.05, 0.1) is 0 Å². The van der Waals surface area contributed by atoms with Crippen molar-refractivity contribution < 1.29 is 14.3 Å². The fourth-order valence-corrected chi connectivity index (χ4v) is 1.97. The zero-order valence-corrected chi connectivity index (χ0v) is 13.2. The number of nitrogens with one attached hydrogen (secondary N) is 1. The van der Waals surface area contributed by atoms with E-state index in [4.69, 9.17) is 4.74 Å². The van der Waals surface area contributed by atoms with Crippen LogP contribution in [0.15, 0.2) is 54.6 Å². The van der Waals surface area contributed by atoms with Gasteiger partial charge in [0.1, 0.15) is 0 Å². The highest BCUT2D eigenvalue weighted by molar-refractivity contribution is 5.95. The van der Waals surface area contributed by atoms with Crippen LogP contribution in [0.25, 0.3) is 6.08 Å². The molecule has 2 aromatic carbocycles. The predicted molar refractivity (Wildman–Crippen MR) is 91.0 cm³/mol. The van der Waals surface area contributed by atoms with Crippen LogP contribution in [0.2, 0.25) is 0 Å². The van der Waals surface area contributed by atoms with Crippen molar-refractivity contribution in [1.29, 1.82) is 0 Å². The second kappa shape index (κ2) is 7.94. The summed E-state index contributed by atoms with van der Waals surface area (Å²) in [5.41, 5.74) is 3.63. The first-order valence-electron chi connectivity index (χ1n) is 7.31. The average Bonchev–Trinajstić information content (AvgIpc) is 2.55. The molecule has 2 rings (SSSR count). The molecule has 4 nitrogen and oxygen atoms in total. The summed E-state index contributed by atoms with van der Waals surface area (Å²) in [5, 5.41) is 2.74. The molecule has 0 spiro atoms. The Bertz CT molecular complexity index is 721. The van der Waals surface area contributed by atoms with Crippen molar-refractivity contribution in [3.8, 4) is 0 Å². The van der Waals surface area contributed by atoms with Crippen molar-refractivity contribution in [2.45, 2.75) is 13.8 Å². The third kappa shape index (κ3) is 5.43. The minimum atomic E-state index is -0.551. The Morgan fingerprint density at radius 2 is 1.83 bits per heavy atom. The maximum atomic E-state index is 11.8. The van der Waals surface area contributed by atoms with E-state index in [1.807, 2.05) is 62.4 Å². The fourth-order valence-electron chi connectivity index (χ4n) is 1.97. The second-order valence-electron chi connectivity index (χ2n) is 5.22. The van der Waals surface area contributed by atoms with Crippen molar-refractivity contribution in [3.05, 3.63) is 71.3 Å². The van der Waals surface area contributed by atoms with Crippen LogP contribution in [0, 0.1) is 13.8 Å². The molecule has 0 bridgehead atoms. The Kier molecular flexibility index (Phi) is 5.69. The molecule has 0 aromatic heterocycles. The lowest BCUT2D eigenvalue weighted by molar-refractivity contribution is -0.142. The van der Waals surface area contributed by atoms with Gasteiger partial charge in [0.25, 0.3) is 5.91 Å². The van der Waals surface area contributed by atoms with Gasteiger partial charge in [0.2, 0.25) is 0 Å². The van der Waals surface area contributed by atoms with Crippen LogP contribution in [0.3, 0.4) is 0 Å². The van der Waals surface area contributed by atoms with Crippen LogP contribution in [-0.2, 0) is 14.3 Å². The van der Waals surface area contributed by atoms with E-state index in [1.54, 1.807) is 6.08 Å². The molecule has 0 saturated heterocycles. The number of benzene rings is 2. The minimum Gasteiger partial charge on any atom is -0.452 e. The van der Waals surface area contributed by atoms with Crippen molar-refractivity contribution in [2.24, 2.45) is 0 Å². The molecule has 0 unspecified atom stereocenters. The van der Waals surface area contributed by atoms with E-state index in [-0.39, 0.29) is 12.5 Å². The summed E-state index contributed by atoms with van der Waals surface area (Å²) in [4.78, 5) is 23.4. The molecule has 0 atom stereocenters. The van der Waals surface area contributed by atoms with Crippen LogP contribution in [0.1, 0.15) is 16.7 Å². The van der Waals surface area contributed by atoms with Crippen molar-refractivity contribution in [1.82, 2.24) is 0 Å². The highest BCUT2D eigenvalue weighted by atomic mass is 16.5. The van der Waals surface area contributed by atoms with Crippen LogP contribution in [-0.4, -0.2) is 18.5 Å². The van der Waals surface area contributed by atoms with Gasteiger partial charge in [-0.15, -0.1) is 0 Å². The summed E-state index contributed by atoms with van der Waals surface area (Å²) < 4.78 is 4.93. The number of hydrogen-bond donors (Lipinski definition) is 1. The molecule has 2 aromatic rings. The smallest absolute Gasteiger partial charge is 0.331 e. The molecule has 0 radical (unpaired) electrons. The first-order chi connectivity index (χ1) is 11.0. The lowest BCUT2D eigenvalue weighted by Crippen LogP contribution is -2.20. The van der Waals surface area contributed by atoms with Gasteiger partial charge in [-0.1, -0.05) is 42.5 Å². The number of carbonyl (C=O) groups is 2. The van der Waals surface area contributed by atoms with Crippen molar-refractivity contribution >= 4 is 23.6 Å². The average molecular weight is 309 g/mol. The first kappa shape index (κ1) is 16.5. The van der Waals surface area contributed by atoms with E-state index >= 15 is 0 Å². The molecule has 1 amide bonds. The van der Waals surface area contributed by atoms with Crippen molar-refractivity contribution in [2.75, 3.05) is 11.9 Å². The lowest BCUT2D eigenvalue weighted by atomic mass is 10.1. The molecule has 23 heavy (non-hydrogen) atoms. The van der Waals surface area contributed by atoms with Crippen LogP contribution in [0.5, 0.6) is 0 Å². The van der Waals surface area contributed by atoms with Crippen LogP contribution < -0.4 is 5.32 Å². The van der Waals surface area contributed by atoms with Gasteiger partial charge in [-0.05, 0) is 42.7 Å². The van der Waals surface area contributed by atoms with Crippen LogP contribution >= 0.6 is 0 Å². The van der Waals surface area contributed by atoms with E-state index in [0.29, 0.717) is 0 Å². The zero-order chi connectivity index (χ0) is 16.7. The molecular formula is C19H19NO3. The van der Waals surface area contributed by atoms with Gasteiger partial charge in [-0.25, -0.2) is 4.79 Å². The number of aryl methyl sites for hydroxylation is 2.